The SMILES string of the molecule is Cc1ccc([C@@H](C)C(=O)N2CCC(O)(c3ccccn3)CC2)cc1. The molecule has 0 bridgehead atoms. The van der Waals surface area contributed by atoms with Crippen molar-refractivity contribution in [3.05, 3.63) is 65.5 Å². The van der Waals surface area contributed by atoms with E-state index in [1.54, 1.807) is 6.20 Å². The number of likely N-dealkylation sites (tertiary alicyclic amines) is 1. The zero-order valence-corrected chi connectivity index (χ0v) is 14.3. The molecule has 1 N–H and O–H groups in total. The summed E-state index contributed by atoms with van der Waals surface area (Å²) < 4.78 is 0. The minimum Gasteiger partial charge on any atom is -0.383 e. The second-order valence-electron chi connectivity index (χ2n) is 6.70. The first kappa shape index (κ1) is 16.7. The van der Waals surface area contributed by atoms with Crippen LogP contribution in [0, 0.1) is 6.92 Å². The lowest BCUT2D eigenvalue weighted by atomic mass is 9.87. The molecular weight excluding hydrogens is 300 g/mol. The normalized spacial score (nSPS) is 18.2. The van der Waals surface area contributed by atoms with Gasteiger partial charge in [0, 0.05) is 19.3 Å². The summed E-state index contributed by atoms with van der Waals surface area (Å²) in [5.74, 6) is -0.0337. The van der Waals surface area contributed by atoms with Gasteiger partial charge in [0.1, 0.15) is 5.60 Å². The van der Waals surface area contributed by atoms with E-state index >= 15 is 0 Å². The van der Waals surface area contributed by atoms with Crippen molar-refractivity contribution >= 4 is 5.91 Å². The summed E-state index contributed by atoms with van der Waals surface area (Å²) in [7, 11) is 0. The van der Waals surface area contributed by atoms with Gasteiger partial charge in [0.15, 0.2) is 0 Å². The molecule has 2 heterocycles. The zero-order valence-electron chi connectivity index (χ0n) is 14.3. The molecule has 1 amide bonds. The Morgan fingerprint density at radius 2 is 1.83 bits per heavy atom. The van der Waals surface area contributed by atoms with Crippen LogP contribution in [0.4, 0.5) is 0 Å². The highest BCUT2D eigenvalue weighted by Gasteiger charge is 2.37. The van der Waals surface area contributed by atoms with Crippen LogP contribution in [0.25, 0.3) is 0 Å². The number of aliphatic hydroxyl groups is 1. The molecule has 1 aliphatic rings. The monoisotopic (exact) mass is 324 g/mol. The van der Waals surface area contributed by atoms with Crippen LogP contribution in [0.3, 0.4) is 0 Å². The van der Waals surface area contributed by atoms with Gasteiger partial charge in [-0.25, -0.2) is 0 Å². The Bertz CT molecular complexity index is 689. The van der Waals surface area contributed by atoms with Crippen LogP contribution in [-0.4, -0.2) is 34.0 Å². The van der Waals surface area contributed by atoms with E-state index < -0.39 is 5.60 Å². The van der Waals surface area contributed by atoms with E-state index in [0.29, 0.717) is 31.6 Å². The summed E-state index contributed by atoms with van der Waals surface area (Å²) in [6, 6.07) is 13.7. The molecule has 1 aromatic carbocycles. The number of rotatable bonds is 3. The molecule has 4 nitrogen and oxygen atoms in total. The number of benzene rings is 1. The largest absolute Gasteiger partial charge is 0.383 e. The molecule has 1 fully saturated rings. The summed E-state index contributed by atoms with van der Waals surface area (Å²) in [6.45, 7) is 5.11. The quantitative estimate of drug-likeness (QED) is 0.944. The van der Waals surface area contributed by atoms with E-state index in [2.05, 4.69) is 4.98 Å². The fourth-order valence-corrected chi connectivity index (χ4v) is 3.26. The molecule has 126 valence electrons. The molecule has 0 spiro atoms. The van der Waals surface area contributed by atoms with Gasteiger partial charge in [-0.1, -0.05) is 35.9 Å². The third-order valence-corrected chi connectivity index (χ3v) is 4.99. The topological polar surface area (TPSA) is 53.4 Å². The fraction of sp³-hybridized carbons (Fsp3) is 0.400. The predicted molar refractivity (Wildman–Crippen MR) is 93.5 cm³/mol. The highest BCUT2D eigenvalue weighted by Crippen LogP contribution is 2.32. The average molecular weight is 324 g/mol. The standard InChI is InChI=1S/C20H24N2O2/c1-15-6-8-17(9-7-15)16(2)19(23)22-13-10-20(24,11-14-22)18-5-3-4-12-21-18/h3-9,12,16,24H,10-11,13-14H2,1-2H3/t16-/m1/s1. The molecule has 0 aliphatic carbocycles. The molecule has 0 saturated carbocycles. The van der Waals surface area contributed by atoms with Gasteiger partial charge in [-0.3, -0.25) is 9.78 Å². The van der Waals surface area contributed by atoms with Gasteiger partial charge in [0.25, 0.3) is 0 Å². The van der Waals surface area contributed by atoms with E-state index in [1.165, 1.54) is 5.56 Å². The van der Waals surface area contributed by atoms with Gasteiger partial charge in [0.2, 0.25) is 5.91 Å². The number of carbonyl (C=O) groups is 1. The van der Waals surface area contributed by atoms with Crippen molar-refractivity contribution < 1.29 is 9.90 Å². The Balaban J connectivity index is 1.66. The van der Waals surface area contributed by atoms with E-state index in [9.17, 15) is 9.90 Å². The number of nitrogens with zero attached hydrogens (tertiary/aromatic N) is 2. The Morgan fingerprint density at radius 1 is 1.17 bits per heavy atom. The van der Waals surface area contributed by atoms with E-state index in [1.807, 2.05) is 61.2 Å². The van der Waals surface area contributed by atoms with E-state index in [-0.39, 0.29) is 11.8 Å². The molecule has 0 unspecified atom stereocenters. The third kappa shape index (κ3) is 3.34. The molecule has 1 atom stereocenters. The zero-order chi connectivity index (χ0) is 17.2. The van der Waals surface area contributed by atoms with Gasteiger partial charge < -0.3 is 10.0 Å². The molecule has 1 aromatic heterocycles. The fourth-order valence-electron chi connectivity index (χ4n) is 3.26. The van der Waals surface area contributed by atoms with Crippen LogP contribution in [0.5, 0.6) is 0 Å². The van der Waals surface area contributed by atoms with Crippen molar-refractivity contribution in [2.45, 2.75) is 38.2 Å². The van der Waals surface area contributed by atoms with Crippen LogP contribution in [0.2, 0.25) is 0 Å². The van der Waals surface area contributed by atoms with Crippen molar-refractivity contribution in [1.82, 2.24) is 9.88 Å². The molecule has 3 rings (SSSR count). The van der Waals surface area contributed by atoms with Crippen LogP contribution in [0.15, 0.2) is 48.7 Å². The van der Waals surface area contributed by atoms with Gasteiger partial charge in [-0.15, -0.1) is 0 Å². The summed E-state index contributed by atoms with van der Waals surface area (Å²) in [6.07, 6.45) is 2.75. The lowest BCUT2D eigenvalue weighted by Crippen LogP contribution is -2.46. The highest BCUT2D eigenvalue weighted by atomic mass is 16.3. The maximum absolute atomic E-state index is 12.8. The van der Waals surface area contributed by atoms with Gasteiger partial charge >= 0.3 is 0 Å². The van der Waals surface area contributed by atoms with Crippen molar-refractivity contribution in [2.24, 2.45) is 0 Å². The minimum absolute atomic E-state index is 0.127. The van der Waals surface area contributed by atoms with Crippen LogP contribution in [-0.2, 0) is 10.4 Å². The van der Waals surface area contributed by atoms with Crippen LogP contribution >= 0.6 is 0 Å². The lowest BCUT2D eigenvalue weighted by Gasteiger charge is -2.38. The Kier molecular flexibility index (Phi) is 4.67. The maximum atomic E-state index is 12.8. The third-order valence-electron chi connectivity index (χ3n) is 4.99. The second kappa shape index (κ2) is 6.73. The summed E-state index contributed by atoms with van der Waals surface area (Å²) in [5, 5.41) is 10.8. The molecule has 4 heteroatoms. The first-order chi connectivity index (χ1) is 11.5. The number of amides is 1. The smallest absolute Gasteiger partial charge is 0.229 e. The molecule has 1 saturated heterocycles. The minimum atomic E-state index is -0.925. The number of hydrogen-bond donors (Lipinski definition) is 1. The Hall–Kier alpha value is -2.20. The highest BCUT2D eigenvalue weighted by molar-refractivity contribution is 5.83. The Labute approximate surface area is 143 Å². The average Bonchev–Trinajstić information content (AvgIpc) is 2.62. The number of aryl methyl sites for hydroxylation is 1. The van der Waals surface area contributed by atoms with Crippen molar-refractivity contribution in [2.75, 3.05) is 13.1 Å². The molecule has 24 heavy (non-hydrogen) atoms. The van der Waals surface area contributed by atoms with E-state index in [0.717, 1.165) is 5.56 Å². The summed E-state index contributed by atoms with van der Waals surface area (Å²) >= 11 is 0. The maximum Gasteiger partial charge on any atom is 0.229 e. The molecule has 2 aromatic rings. The number of carbonyl (C=O) groups excluding carboxylic acids is 1. The van der Waals surface area contributed by atoms with Crippen molar-refractivity contribution in [1.29, 1.82) is 0 Å². The molecule has 1 aliphatic heterocycles. The second-order valence-corrected chi connectivity index (χ2v) is 6.70. The lowest BCUT2D eigenvalue weighted by molar-refractivity contribution is -0.137. The van der Waals surface area contributed by atoms with Crippen LogP contribution < -0.4 is 0 Å². The molecular formula is C20H24N2O2. The Morgan fingerprint density at radius 3 is 2.42 bits per heavy atom. The van der Waals surface area contributed by atoms with Crippen molar-refractivity contribution in [3.63, 3.8) is 0 Å². The summed E-state index contributed by atoms with van der Waals surface area (Å²) in [4.78, 5) is 18.9. The number of pyridine rings is 1. The number of piperidine rings is 1. The first-order valence-electron chi connectivity index (χ1n) is 8.49. The predicted octanol–water partition coefficient (Wildman–Crippen LogP) is 3.00. The van der Waals surface area contributed by atoms with Crippen molar-refractivity contribution in [3.8, 4) is 0 Å². The number of hydrogen-bond acceptors (Lipinski definition) is 3. The summed E-state index contributed by atoms with van der Waals surface area (Å²) in [5.41, 5.74) is 2.00. The van der Waals surface area contributed by atoms with E-state index in [4.69, 9.17) is 0 Å². The van der Waals surface area contributed by atoms with Gasteiger partial charge in [-0.05, 0) is 44.4 Å². The van der Waals surface area contributed by atoms with Gasteiger partial charge in [-0.2, -0.15) is 0 Å². The van der Waals surface area contributed by atoms with Crippen LogP contribution in [0.1, 0.15) is 42.5 Å². The van der Waals surface area contributed by atoms with Gasteiger partial charge in [0.05, 0.1) is 11.6 Å². The number of aromatic nitrogens is 1. The molecule has 0 radical (unpaired) electrons. The first-order valence-corrected chi connectivity index (χ1v) is 8.49.